The summed E-state index contributed by atoms with van der Waals surface area (Å²) in [7, 11) is 0. The van der Waals surface area contributed by atoms with Crippen molar-refractivity contribution in [1.82, 2.24) is 0 Å². The molecule has 3 rings (SSSR count). The van der Waals surface area contributed by atoms with Gasteiger partial charge in [0.1, 0.15) is 11.5 Å². The number of fused-ring (bicyclic) bond motifs is 1. The average Bonchev–Trinajstić information content (AvgIpc) is 2.47. The predicted molar refractivity (Wildman–Crippen MR) is 81.4 cm³/mol. The van der Waals surface area contributed by atoms with Crippen molar-refractivity contribution in [3.8, 4) is 11.5 Å². The van der Waals surface area contributed by atoms with Crippen molar-refractivity contribution in [1.29, 1.82) is 0 Å². The summed E-state index contributed by atoms with van der Waals surface area (Å²) in [6, 6.07) is 19.2. The van der Waals surface area contributed by atoms with Crippen LogP contribution in [0.1, 0.15) is 5.56 Å². The van der Waals surface area contributed by atoms with Crippen molar-refractivity contribution >= 4 is 22.4 Å². The first kappa shape index (κ1) is 13.0. The minimum absolute atomic E-state index is 0.0833. The van der Waals surface area contributed by atoms with Crippen LogP contribution < -0.4 is 4.74 Å². The van der Waals surface area contributed by atoms with E-state index in [2.05, 4.69) is 6.07 Å². The first-order valence-corrected chi connectivity index (χ1v) is 6.70. The molecule has 100 valence electrons. The van der Waals surface area contributed by atoms with Crippen LogP contribution in [-0.2, 0) is 6.61 Å². The Morgan fingerprint density at radius 2 is 1.70 bits per heavy atom. The molecule has 0 saturated heterocycles. The summed E-state index contributed by atoms with van der Waals surface area (Å²) in [6.45, 7) is -0.0833. The van der Waals surface area contributed by atoms with Gasteiger partial charge in [0.05, 0.1) is 6.61 Å². The fraction of sp³-hybridized carbons (Fsp3) is 0.0588. The minimum Gasteiger partial charge on any atom is -0.457 e. The Hall–Kier alpha value is -2.03. The summed E-state index contributed by atoms with van der Waals surface area (Å²) < 4.78 is 5.84. The number of rotatable bonds is 3. The van der Waals surface area contributed by atoms with Crippen LogP contribution in [-0.4, -0.2) is 5.11 Å². The van der Waals surface area contributed by atoms with E-state index in [-0.39, 0.29) is 6.61 Å². The molecule has 0 heterocycles. The number of hydrogen-bond acceptors (Lipinski definition) is 2. The van der Waals surface area contributed by atoms with Crippen molar-refractivity contribution in [3.63, 3.8) is 0 Å². The maximum atomic E-state index is 9.34. The van der Waals surface area contributed by atoms with Gasteiger partial charge in [0, 0.05) is 10.6 Å². The molecule has 0 aliphatic rings. The SMILES string of the molecule is OCc1ccc(Cl)cc1Oc1ccc2ccccc2c1. The Morgan fingerprint density at radius 1 is 0.900 bits per heavy atom. The highest BCUT2D eigenvalue weighted by molar-refractivity contribution is 6.30. The average molecular weight is 285 g/mol. The highest BCUT2D eigenvalue weighted by atomic mass is 35.5. The molecule has 3 heteroatoms. The van der Waals surface area contributed by atoms with Crippen LogP contribution in [0.4, 0.5) is 0 Å². The van der Waals surface area contributed by atoms with Crippen LogP contribution in [0.15, 0.2) is 60.7 Å². The van der Waals surface area contributed by atoms with Gasteiger partial charge in [-0.15, -0.1) is 0 Å². The van der Waals surface area contributed by atoms with E-state index in [0.717, 1.165) is 16.5 Å². The van der Waals surface area contributed by atoms with E-state index in [1.165, 1.54) is 0 Å². The molecule has 0 aliphatic carbocycles. The topological polar surface area (TPSA) is 29.5 Å². The summed E-state index contributed by atoms with van der Waals surface area (Å²) in [5, 5.41) is 12.2. The third-order valence-corrected chi connectivity index (χ3v) is 3.38. The first-order valence-electron chi connectivity index (χ1n) is 6.32. The third-order valence-electron chi connectivity index (χ3n) is 3.15. The van der Waals surface area contributed by atoms with E-state index in [0.29, 0.717) is 16.3 Å². The molecule has 0 radical (unpaired) electrons. The number of ether oxygens (including phenoxy) is 1. The molecule has 0 bridgehead atoms. The Labute approximate surface area is 122 Å². The Kier molecular flexibility index (Phi) is 3.59. The fourth-order valence-electron chi connectivity index (χ4n) is 2.11. The van der Waals surface area contributed by atoms with E-state index in [9.17, 15) is 5.11 Å². The molecular formula is C17H13ClO2. The molecule has 2 nitrogen and oxygen atoms in total. The van der Waals surface area contributed by atoms with Gasteiger partial charge in [-0.05, 0) is 35.0 Å². The highest BCUT2D eigenvalue weighted by Gasteiger charge is 2.06. The van der Waals surface area contributed by atoms with Crippen molar-refractivity contribution in [2.24, 2.45) is 0 Å². The molecule has 0 amide bonds. The van der Waals surface area contributed by atoms with Crippen molar-refractivity contribution in [2.45, 2.75) is 6.61 Å². The normalized spacial score (nSPS) is 10.7. The van der Waals surface area contributed by atoms with E-state index in [1.54, 1.807) is 18.2 Å². The monoisotopic (exact) mass is 284 g/mol. The van der Waals surface area contributed by atoms with Gasteiger partial charge in [0.15, 0.2) is 0 Å². The number of hydrogen-bond donors (Lipinski definition) is 1. The molecule has 0 aliphatic heterocycles. The molecule has 0 saturated carbocycles. The fourth-order valence-corrected chi connectivity index (χ4v) is 2.27. The Balaban J connectivity index is 1.98. The van der Waals surface area contributed by atoms with Gasteiger partial charge in [-0.3, -0.25) is 0 Å². The first-order chi connectivity index (χ1) is 9.76. The number of aliphatic hydroxyl groups excluding tert-OH is 1. The molecule has 0 unspecified atom stereocenters. The van der Waals surface area contributed by atoms with E-state index in [4.69, 9.17) is 16.3 Å². The number of aliphatic hydroxyl groups is 1. The molecule has 3 aromatic carbocycles. The second kappa shape index (κ2) is 5.53. The van der Waals surface area contributed by atoms with Crippen molar-refractivity contribution in [2.75, 3.05) is 0 Å². The second-order valence-corrected chi connectivity index (χ2v) is 4.96. The molecule has 0 aromatic heterocycles. The standard InChI is InChI=1S/C17H13ClO2/c18-15-7-5-14(11-19)17(10-15)20-16-8-6-12-3-1-2-4-13(12)9-16/h1-10,19H,11H2. The molecule has 1 N–H and O–H groups in total. The van der Waals surface area contributed by atoms with Gasteiger partial charge in [-0.1, -0.05) is 48.0 Å². The van der Waals surface area contributed by atoms with Crippen LogP contribution >= 0.6 is 11.6 Å². The molecular weight excluding hydrogens is 272 g/mol. The van der Waals surface area contributed by atoms with Crippen LogP contribution in [0, 0.1) is 0 Å². The van der Waals surface area contributed by atoms with Crippen LogP contribution in [0.5, 0.6) is 11.5 Å². The zero-order valence-electron chi connectivity index (χ0n) is 10.7. The van der Waals surface area contributed by atoms with Crippen LogP contribution in [0.2, 0.25) is 5.02 Å². The quantitative estimate of drug-likeness (QED) is 0.750. The summed E-state index contributed by atoms with van der Waals surface area (Å²) in [5.74, 6) is 1.30. The molecule has 0 spiro atoms. The van der Waals surface area contributed by atoms with E-state index >= 15 is 0 Å². The molecule has 0 atom stereocenters. The van der Waals surface area contributed by atoms with Crippen molar-refractivity contribution < 1.29 is 9.84 Å². The largest absolute Gasteiger partial charge is 0.457 e. The lowest BCUT2D eigenvalue weighted by molar-refractivity contribution is 0.276. The summed E-state index contributed by atoms with van der Waals surface area (Å²) >= 11 is 5.97. The van der Waals surface area contributed by atoms with E-state index in [1.807, 2.05) is 36.4 Å². The van der Waals surface area contributed by atoms with Gasteiger partial charge in [0.2, 0.25) is 0 Å². The third kappa shape index (κ3) is 2.62. The van der Waals surface area contributed by atoms with Gasteiger partial charge in [-0.2, -0.15) is 0 Å². The summed E-state index contributed by atoms with van der Waals surface area (Å²) in [5.41, 5.74) is 0.711. The minimum atomic E-state index is -0.0833. The summed E-state index contributed by atoms with van der Waals surface area (Å²) in [6.07, 6.45) is 0. The lowest BCUT2D eigenvalue weighted by Crippen LogP contribution is -1.91. The highest BCUT2D eigenvalue weighted by Crippen LogP contribution is 2.30. The Bertz CT molecular complexity index is 753. The lowest BCUT2D eigenvalue weighted by atomic mass is 10.1. The maximum Gasteiger partial charge on any atom is 0.134 e. The zero-order valence-corrected chi connectivity index (χ0v) is 11.5. The van der Waals surface area contributed by atoms with Crippen LogP contribution in [0.25, 0.3) is 10.8 Å². The van der Waals surface area contributed by atoms with Gasteiger partial charge < -0.3 is 9.84 Å². The smallest absolute Gasteiger partial charge is 0.134 e. The second-order valence-electron chi connectivity index (χ2n) is 4.52. The molecule has 3 aromatic rings. The predicted octanol–water partition coefficient (Wildman–Crippen LogP) is 4.78. The van der Waals surface area contributed by atoms with Crippen LogP contribution in [0.3, 0.4) is 0 Å². The summed E-state index contributed by atoms with van der Waals surface area (Å²) in [4.78, 5) is 0. The molecule has 0 fully saturated rings. The number of halogens is 1. The van der Waals surface area contributed by atoms with Crippen molar-refractivity contribution in [3.05, 3.63) is 71.2 Å². The lowest BCUT2D eigenvalue weighted by Gasteiger charge is -2.11. The van der Waals surface area contributed by atoms with Gasteiger partial charge in [0.25, 0.3) is 0 Å². The zero-order chi connectivity index (χ0) is 13.9. The van der Waals surface area contributed by atoms with E-state index < -0.39 is 0 Å². The number of benzene rings is 3. The van der Waals surface area contributed by atoms with Gasteiger partial charge in [-0.25, -0.2) is 0 Å². The van der Waals surface area contributed by atoms with Gasteiger partial charge >= 0.3 is 0 Å². The maximum absolute atomic E-state index is 9.34. The molecule has 20 heavy (non-hydrogen) atoms. The Morgan fingerprint density at radius 3 is 2.50 bits per heavy atom.